The SMILES string of the molecule is C=C(C)C(=O)OC1(C2COC(=O)C2)CCCCC1. The Kier molecular flexibility index (Phi) is 3.73. The predicted octanol–water partition coefficient (Wildman–Crippen LogP) is 2.37. The molecule has 1 aliphatic carbocycles. The first kappa shape index (κ1) is 13.1. The molecule has 100 valence electrons. The van der Waals surface area contributed by atoms with Gasteiger partial charge in [-0.3, -0.25) is 4.79 Å². The topological polar surface area (TPSA) is 52.6 Å². The molecule has 0 N–H and O–H groups in total. The van der Waals surface area contributed by atoms with Crippen LogP contribution >= 0.6 is 0 Å². The quantitative estimate of drug-likeness (QED) is 0.571. The number of cyclic esters (lactones) is 1. The largest absolute Gasteiger partial charge is 0.465 e. The molecule has 1 heterocycles. The number of hydrogen-bond acceptors (Lipinski definition) is 4. The van der Waals surface area contributed by atoms with Gasteiger partial charge >= 0.3 is 11.9 Å². The first-order valence-corrected chi connectivity index (χ1v) is 6.58. The van der Waals surface area contributed by atoms with Crippen molar-refractivity contribution in [2.75, 3.05) is 6.61 Å². The highest BCUT2D eigenvalue weighted by Gasteiger charge is 2.47. The van der Waals surface area contributed by atoms with E-state index in [2.05, 4.69) is 6.58 Å². The first-order valence-electron chi connectivity index (χ1n) is 6.58. The molecule has 0 aromatic rings. The van der Waals surface area contributed by atoms with Crippen LogP contribution in [0.4, 0.5) is 0 Å². The van der Waals surface area contributed by atoms with Crippen molar-refractivity contribution in [1.29, 1.82) is 0 Å². The molecular weight excluding hydrogens is 232 g/mol. The van der Waals surface area contributed by atoms with Crippen LogP contribution in [0.3, 0.4) is 0 Å². The number of carbonyl (C=O) groups is 2. The highest BCUT2D eigenvalue weighted by molar-refractivity contribution is 5.87. The minimum atomic E-state index is -0.513. The molecule has 0 aromatic heterocycles. The van der Waals surface area contributed by atoms with E-state index in [4.69, 9.17) is 9.47 Å². The molecule has 2 aliphatic rings. The number of esters is 2. The number of ether oxygens (including phenoxy) is 2. The first-order chi connectivity index (χ1) is 8.53. The summed E-state index contributed by atoms with van der Waals surface area (Å²) in [6, 6.07) is 0. The van der Waals surface area contributed by atoms with E-state index in [9.17, 15) is 9.59 Å². The third-order valence-corrected chi connectivity index (χ3v) is 3.95. The van der Waals surface area contributed by atoms with Gasteiger partial charge in [-0.05, 0) is 32.6 Å². The summed E-state index contributed by atoms with van der Waals surface area (Å²) in [5.41, 5.74) is -0.106. The maximum absolute atomic E-state index is 11.8. The summed E-state index contributed by atoms with van der Waals surface area (Å²) >= 11 is 0. The highest BCUT2D eigenvalue weighted by Crippen LogP contribution is 2.42. The van der Waals surface area contributed by atoms with Gasteiger partial charge in [-0.25, -0.2) is 4.79 Å². The van der Waals surface area contributed by atoms with E-state index >= 15 is 0 Å². The minimum Gasteiger partial charge on any atom is -0.465 e. The zero-order valence-electron chi connectivity index (χ0n) is 10.9. The maximum Gasteiger partial charge on any atom is 0.333 e. The van der Waals surface area contributed by atoms with E-state index in [0.29, 0.717) is 18.6 Å². The Balaban J connectivity index is 2.14. The minimum absolute atomic E-state index is 0.00796. The third-order valence-electron chi connectivity index (χ3n) is 3.95. The second-order valence-electron chi connectivity index (χ2n) is 5.38. The van der Waals surface area contributed by atoms with E-state index < -0.39 is 5.60 Å². The van der Waals surface area contributed by atoms with Crippen LogP contribution in [0.5, 0.6) is 0 Å². The second-order valence-corrected chi connectivity index (χ2v) is 5.38. The maximum atomic E-state index is 11.8. The average molecular weight is 252 g/mol. The Morgan fingerprint density at radius 3 is 2.56 bits per heavy atom. The molecule has 0 aromatic carbocycles. The fraction of sp³-hybridized carbons (Fsp3) is 0.714. The van der Waals surface area contributed by atoms with Crippen LogP contribution in [0.1, 0.15) is 45.4 Å². The van der Waals surface area contributed by atoms with E-state index in [-0.39, 0.29) is 17.9 Å². The molecule has 0 amide bonds. The van der Waals surface area contributed by atoms with E-state index in [0.717, 1.165) is 32.1 Å². The van der Waals surface area contributed by atoms with Gasteiger partial charge < -0.3 is 9.47 Å². The molecule has 4 nitrogen and oxygen atoms in total. The lowest BCUT2D eigenvalue weighted by molar-refractivity contribution is -0.166. The monoisotopic (exact) mass is 252 g/mol. The standard InChI is InChI=1S/C14H20O4/c1-10(2)13(16)18-14(6-4-3-5-7-14)11-8-12(15)17-9-11/h11H,1,3-9H2,2H3. The molecule has 18 heavy (non-hydrogen) atoms. The van der Waals surface area contributed by atoms with Crippen molar-refractivity contribution in [1.82, 2.24) is 0 Å². The Bertz CT molecular complexity index is 366. The van der Waals surface area contributed by atoms with Gasteiger partial charge in [0.05, 0.1) is 13.0 Å². The highest BCUT2D eigenvalue weighted by atomic mass is 16.6. The normalized spacial score (nSPS) is 26.5. The summed E-state index contributed by atoms with van der Waals surface area (Å²) < 4.78 is 10.7. The van der Waals surface area contributed by atoms with E-state index in [1.807, 2.05) is 0 Å². The van der Waals surface area contributed by atoms with E-state index in [1.165, 1.54) is 0 Å². The Labute approximate surface area is 107 Å². The van der Waals surface area contributed by atoms with Gasteiger partial charge in [0, 0.05) is 11.5 Å². The zero-order valence-corrected chi connectivity index (χ0v) is 10.9. The van der Waals surface area contributed by atoms with Crippen LogP contribution < -0.4 is 0 Å². The Hall–Kier alpha value is -1.32. The molecular formula is C14H20O4. The van der Waals surface area contributed by atoms with Crippen molar-refractivity contribution in [3.8, 4) is 0 Å². The fourth-order valence-electron chi connectivity index (χ4n) is 2.87. The van der Waals surface area contributed by atoms with Crippen molar-refractivity contribution < 1.29 is 19.1 Å². The predicted molar refractivity (Wildman–Crippen MR) is 65.8 cm³/mol. The summed E-state index contributed by atoms with van der Waals surface area (Å²) in [5.74, 6) is -0.527. The van der Waals surface area contributed by atoms with E-state index in [1.54, 1.807) is 6.92 Å². The summed E-state index contributed by atoms with van der Waals surface area (Å²) in [6.07, 6.45) is 5.25. The average Bonchev–Trinajstić information content (AvgIpc) is 2.77. The molecule has 1 unspecified atom stereocenters. The van der Waals surface area contributed by atoms with Crippen LogP contribution in [0.2, 0.25) is 0 Å². The Morgan fingerprint density at radius 1 is 1.39 bits per heavy atom. The van der Waals surface area contributed by atoms with Gasteiger partial charge in [-0.1, -0.05) is 13.0 Å². The van der Waals surface area contributed by atoms with Gasteiger partial charge in [0.25, 0.3) is 0 Å². The smallest absolute Gasteiger partial charge is 0.333 e. The van der Waals surface area contributed by atoms with Crippen LogP contribution in [-0.4, -0.2) is 24.1 Å². The van der Waals surface area contributed by atoms with Crippen molar-refractivity contribution in [3.05, 3.63) is 12.2 Å². The van der Waals surface area contributed by atoms with Gasteiger partial charge in [-0.2, -0.15) is 0 Å². The summed E-state index contributed by atoms with van der Waals surface area (Å²) in [6.45, 7) is 5.65. The molecule has 2 fully saturated rings. The molecule has 0 radical (unpaired) electrons. The molecule has 1 atom stereocenters. The number of hydrogen-bond donors (Lipinski definition) is 0. The summed E-state index contributed by atoms with van der Waals surface area (Å²) in [7, 11) is 0. The zero-order chi connectivity index (χ0) is 13.2. The van der Waals surface area contributed by atoms with Crippen LogP contribution in [0.15, 0.2) is 12.2 Å². The van der Waals surface area contributed by atoms with Gasteiger partial charge in [0.2, 0.25) is 0 Å². The number of rotatable bonds is 3. The molecule has 1 saturated heterocycles. The fourth-order valence-corrected chi connectivity index (χ4v) is 2.87. The summed E-state index contributed by atoms with van der Waals surface area (Å²) in [5, 5.41) is 0. The molecule has 4 heteroatoms. The second kappa shape index (κ2) is 5.12. The van der Waals surface area contributed by atoms with Crippen molar-refractivity contribution in [3.63, 3.8) is 0 Å². The Morgan fingerprint density at radius 2 is 2.06 bits per heavy atom. The summed E-state index contributed by atoms with van der Waals surface area (Å²) in [4.78, 5) is 23.1. The third kappa shape index (κ3) is 2.57. The molecule has 0 spiro atoms. The van der Waals surface area contributed by atoms with Crippen LogP contribution in [0, 0.1) is 5.92 Å². The molecule has 1 saturated carbocycles. The molecule has 2 rings (SSSR count). The molecule has 1 aliphatic heterocycles. The lowest BCUT2D eigenvalue weighted by Crippen LogP contribution is -2.45. The van der Waals surface area contributed by atoms with Gasteiger partial charge in [-0.15, -0.1) is 0 Å². The van der Waals surface area contributed by atoms with Crippen molar-refractivity contribution in [2.45, 2.75) is 51.0 Å². The lowest BCUT2D eigenvalue weighted by Gasteiger charge is -2.40. The lowest BCUT2D eigenvalue weighted by atomic mass is 9.75. The van der Waals surface area contributed by atoms with Crippen LogP contribution in [-0.2, 0) is 19.1 Å². The van der Waals surface area contributed by atoms with Crippen molar-refractivity contribution >= 4 is 11.9 Å². The van der Waals surface area contributed by atoms with Gasteiger partial charge in [0.15, 0.2) is 0 Å². The van der Waals surface area contributed by atoms with Gasteiger partial charge in [0.1, 0.15) is 5.60 Å². The molecule has 0 bridgehead atoms. The number of carbonyl (C=O) groups excluding carboxylic acids is 2. The van der Waals surface area contributed by atoms with Crippen molar-refractivity contribution in [2.24, 2.45) is 5.92 Å². The van der Waals surface area contributed by atoms with Crippen LogP contribution in [0.25, 0.3) is 0 Å².